The molecule has 11 heteroatoms. The predicted molar refractivity (Wildman–Crippen MR) is 137 cm³/mol. The zero-order valence-electron chi connectivity index (χ0n) is 19.8. The second kappa shape index (κ2) is 11.1. The van der Waals surface area contributed by atoms with E-state index in [4.69, 9.17) is 0 Å². The number of hydrogen-bond acceptors (Lipinski definition) is 8. The Morgan fingerprint density at radius 2 is 1.84 bits per heavy atom. The number of anilines is 1. The first-order chi connectivity index (χ1) is 17.9. The van der Waals surface area contributed by atoms with Crippen molar-refractivity contribution in [1.82, 2.24) is 25.6 Å². The van der Waals surface area contributed by atoms with Crippen LogP contribution in [0.5, 0.6) is 0 Å². The summed E-state index contributed by atoms with van der Waals surface area (Å²) < 4.78 is 27.0. The minimum atomic E-state index is -0.837. The first-order valence-corrected chi connectivity index (χ1v) is 12.7. The number of hydrogen-bond donors (Lipinski definition) is 2. The highest BCUT2D eigenvalue weighted by molar-refractivity contribution is 8.18. The van der Waals surface area contributed by atoms with Crippen molar-refractivity contribution in [3.05, 3.63) is 76.7 Å². The third-order valence-corrected chi connectivity index (χ3v) is 7.08. The summed E-state index contributed by atoms with van der Waals surface area (Å²) in [5, 5.41) is 5.36. The summed E-state index contributed by atoms with van der Waals surface area (Å²) in [5.41, 5.74) is 2.81. The van der Waals surface area contributed by atoms with Crippen LogP contribution in [0.4, 0.5) is 19.5 Å². The van der Waals surface area contributed by atoms with Crippen LogP contribution in [-0.2, 0) is 11.3 Å². The van der Waals surface area contributed by atoms with Crippen LogP contribution < -0.4 is 15.5 Å². The van der Waals surface area contributed by atoms with Crippen LogP contribution >= 0.6 is 11.8 Å². The highest BCUT2D eigenvalue weighted by Gasteiger charge is 2.25. The van der Waals surface area contributed by atoms with E-state index < -0.39 is 17.8 Å². The summed E-state index contributed by atoms with van der Waals surface area (Å²) in [6.45, 7) is 3.13. The quantitative estimate of drug-likeness (QED) is 0.353. The molecule has 8 nitrogen and oxygen atoms in total. The maximum absolute atomic E-state index is 13.5. The first kappa shape index (κ1) is 25.0. The zero-order chi connectivity index (χ0) is 25.8. The Morgan fingerprint density at radius 1 is 1.05 bits per heavy atom. The van der Waals surface area contributed by atoms with Gasteiger partial charge in [0, 0.05) is 38.0 Å². The maximum Gasteiger partial charge on any atom is 0.290 e. The fraction of sp³-hybridized carbons (Fsp3) is 0.269. The average molecular weight is 523 g/mol. The van der Waals surface area contributed by atoms with Crippen molar-refractivity contribution < 1.29 is 18.4 Å². The molecule has 3 aromatic rings. The van der Waals surface area contributed by atoms with Crippen LogP contribution in [0.3, 0.4) is 0 Å². The van der Waals surface area contributed by atoms with Crippen molar-refractivity contribution in [2.24, 2.45) is 5.92 Å². The van der Waals surface area contributed by atoms with Crippen LogP contribution in [-0.4, -0.2) is 45.7 Å². The molecule has 2 aromatic heterocycles. The summed E-state index contributed by atoms with van der Waals surface area (Å²) in [6.07, 6.45) is 5.21. The Balaban J connectivity index is 1.12. The largest absolute Gasteiger partial charge is 0.341 e. The van der Waals surface area contributed by atoms with Gasteiger partial charge in [-0.25, -0.2) is 9.97 Å². The molecule has 0 unspecified atom stereocenters. The van der Waals surface area contributed by atoms with Gasteiger partial charge in [-0.3, -0.25) is 14.9 Å². The molecule has 37 heavy (non-hydrogen) atoms. The molecule has 2 saturated heterocycles. The lowest BCUT2D eigenvalue weighted by Gasteiger charge is -2.32. The maximum atomic E-state index is 13.5. The Hall–Kier alpha value is -3.70. The summed E-state index contributed by atoms with van der Waals surface area (Å²) in [4.78, 5) is 37.7. The van der Waals surface area contributed by atoms with Crippen LogP contribution in [0, 0.1) is 17.8 Å². The van der Waals surface area contributed by atoms with E-state index in [2.05, 4.69) is 30.5 Å². The van der Waals surface area contributed by atoms with Gasteiger partial charge in [0.1, 0.15) is 0 Å². The lowest BCUT2D eigenvalue weighted by molar-refractivity contribution is -0.115. The van der Waals surface area contributed by atoms with Gasteiger partial charge < -0.3 is 10.2 Å². The molecule has 1 aromatic carbocycles. The van der Waals surface area contributed by atoms with E-state index in [-0.39, 0.29) is 5.24 Å². The number of nitrogens with one attached hydrogen (secondary N) is 2. The standard InChI is InChI=1S/C26H24F2N6O2S/c27-22-11-19(12-23(28)32-22)18-3-1-2-17(10-18)15-29-14-16-5-8-34(9-6-16)25-30-7-4-20(31-25)13-21-24(35)33-26(36)37-21/h1-4,7,10-13,16,29H,5-6,8-9,14-15H2,(H,33,35,36). The molecule has 2 aliphatic heterocycles. The van der Waals surface area contributed by atoms with Gasteiger partial charge in [0.05, 0.1) is 10.6 Å². The SMILES string of the molecule is O=C1NC(=O)C(=Cc2ccnc(N3CCC(CNCc4cccc(-c5cc(F)nc(F)c5)c4)CC3)n2)S1. The van der Waals surface area contributed by atoms with Gasteiger partial charge in [0.25, 0.3) is 11.1 Å². The van der Waals surface area contributed by atoms with Crippen LogP contribution in [0.25, 0.3) is 17.2 Å². The molecule has 0 bridgehead atoms. The molecule has 2 amide bonds. The minimum absolute atomic E-state index is 0.324. The summed E-state index contributed by atoms with van der Waals surface area (Å²) >= 11 is 0.865. The monoisotopic (exact) mass is 522 g/mol. The van der Waals surface area contributed by atoms with Gasteiger partial charge in [-0.05, 0) is 72.0 Å². The topological polar surface area (TPSA) is 100 Å². The molecule has 0 spiro atoms. The average Bonchev–Trinajstić information content (AvgIpc) is 3.20. The van der Waals surface area contributed by atoms with E-state index in [1.807, 2.05) is 24.3 Å². The Kier molecular flexibility index (Phi) is 7.52. The van der Waals surface area contributed by atoms with Crippen molar-refractivity contribution in [1.29, 1.82) is 0 Å². The fourth-order valence-corrected chi connectivity index (χ4v) is 5.07. The van der Waals surface area contributed by atoms with E-state index in [9.17, 15) is 18.4 Å². The zero-order valence-corrected chi connectivity index (χ0v) is 20.6. The fourth-order valence-electron chi connectivity index (χ4n) is 4.40. The number of carbonyl (C=O) groups excluding carboxylic acids is 2. The molecule has 2 N–H and O–H groups in total. The number of imide groups is 1. The third kappa shape index (κ3) is 6.36. The van der Waals surface area contributed by atoms with E-state index in [0.717, 1.165) is 55.4 Å². The predicted octanol–water partition coefficient (Wildman–Crippen LogP) is 4.15. The van der Waals surface area contributed by atoms with Crippen molar-refractivity contribution >= 4 is 34.9 Å². The number of nitrogens with zero attached hydrogens (tertiary/aromatic N) is 4. The molecule has 0 radical (unpaired) electrons. The second-order valence-corrected chi connectivity index (χ2v) is 9.91. The number of piperidine rings is 1. The molecule has 0 atom stereocenters. The number of carbonyl (C=O) groups is 2. The Bertz CT molecular complexity index is 1340. The molecule has 2 aliphatic rings. The molecular weight excluding hydrogens is 498 g/mol. The summed E-state index contributed by atoms with van der Waals surface area (Å²) in [6, 6.07) is 11.8. The molecule has 0 aliphatic carbocycles. The van der Waals surface area contributed by atoms with Gasteiger partial charge in [-0.2, -0.15) is 13.8 Å². The number of aromatic nitrogens is 3. The van der Waals surface area contributed by atoms with Crippen molar-refractivity contribution in [2.45, 2.75) is 19.4 Å². The minimum Gasteiger partial charge on any atom is -0.341 e. The molecule has 5 rings (SSSR count). The lowest BCUT2D eigenvalue weighted by atomic mass is 9.97. The highest BCUT2D eigenvalue weighted by Crippen LogP contribution is 2.26. The molecule has 190 valence electrons. The number of amides is 2. The number of halogens is 2. The van der Waals surface area contributed by atoms with Crippen molar-refractivity contribution in [2.75, 3.05) is 24.5 Å². The molecular formula is C26H24F2N6O2S. The van der Waals surface area contributed by atoms with E-state index >= 15 is 0 Å². The number of benzene rings is 1. The molecule has 4 heterocycles. The Morgan fingerprint density at radius 3 is 2.57 bits per heavy atom. The van der Waals surface area contributed by atoms with Gasteiger partial charge in [-0.15, -0.1) is 0 Å². The Labute approximate surface area is 216 Å². The van der Waals surface area contributed by atoms with E-state index in [1.165, 1.54) is 12.1 Å². The summed E-state index contributed by atoms with van der Waals surface area (Å²) in [7, 11) is 0. The van der Waals surface area contributed by atoms with Crippen LogP contribution in [0.1, 0.15) is 24.1 Å². The third-order valence-electron chi connectivity index (χ3n) is 6.27. The van der Waals surface area contributed by atoms with E-state index in [1.54, 1.807) is 18.3 Å². The number of pyridine rings is 1. The number of rotatable bonds is 7. The smallest absolute Gasteiger partial charge is 0.290 e. The second-order valence-electron chi connectivity index (χ2n) is 8.90. The van der Waals surface area contributed by atoms with Gasteiger partial charge in [0.15, 0.2) is 0 Å². The molecule has 0 saturated carbocycles. The normalized spacial score (nSPS) is 17.5. The van der Waals surface area contributed by atoms with Crippen LogP contribution in [0.2, 0.25) is 0 Å². The van der Waals surface area contributed by atoms with Crippen LogP contribution in [0.15, 0.2) is 53.6 Å². The van der Waals surface area contributed by atoms with Gasteiger partial charge in [-0.1, -0.05) is 18.2 Å². The lowest BCUT2D eigenvalue weighted by Crippen LogP contribution is -2.38. The molecule has 2 fully saturated rings. The van der Waals surface area contributed by atoms with Gasteiger partial charge in [0.2, 0.25) is 17.8 Å². The van der Waals surface area contributed by atoms with Crippen molar-refractivity contribution in [3.8, 4) is 11.1 Å². The summed E-state index contributed by atoms with van der Waals surface area (Å²) in [5.74, 6) is -0.976. The van der Waals surface area contributed by atoms with Crippen molar-refractivity contribution in [3.63, 3.8) is 0 Å². The number of thioether (sulfide) groups is 1. The highest BCUT2D eigenvalue weighted by atomic mass is 32.2. The first-order valence-electron chi connectivity index (χ1n) is 11.9. The van der Waals surface area contributed by atoms with Gasteiger partial charge >= 0.3 is 0 Å². The van der Waals surface area contributed by atoms with E-state index in [0.29, 0.717) is 34.6 Å².